The highest BCUT2D eigenvalue weighted by atomic mass is 79.9. The summed E-state index contributed by atoms with van der Waals surface area (Å²) < 4.78 is 6.50. The molecule has 1 aliphatic heterocycles. The number of rotatable bonds is 5. The van der Waals surface area contributed by atoms with Crippen LogP contribution in [0.2, 0.25) is 5.02 Å². The summed E-state index contributed by atoms with van der Waals surface area (Å²) in [5.41, 5.74) is 4.21. The summed E-state index contributed by atoms with van der Waals surface area (Å²) in [6.45, 7) is 0.256. The Morgan fingerprint density at radius 2 is 1.70 bits per heavy atom. The van der Waals surface area contributed by atoms with E-state index >= 15 is 0 Å². The van der Waals surface area contributed by atoms with Gasteiger partial charge >= 0.3 is 6.09 Å². The molecule has 1 heterocycles. The molecule has 0 radical (unpaired) electrons. The van der Waals surface area contributed by atoms with E-state index in [4.69, 9.17) is 16.3 Å². The number of hydrogen-bond donors (Lipinski definition) is 0. The summed E-state index contributed by atoms with van der Waals surface area (Å²) in [5, 5.41) is 0.661. The Morgan fingerprint density at radius 3 is 2.40 bits per heavy atom. The predicted octanol–water partition coefficient (Wildman–Crippen LogP) is 7.19. The highest BCUT2D eigenvalue weighted by Crippen LogP contribution is 2.38. The zero-order valence-electron chi connectivity index (χ0n) is 16.6. The molecule has 0 saturated heterocycles. The molecule has 0 aromatic heterocycles. The molecular weight excluding hydrogens is 462 g/mol. The van der Waals surface area contributed by atoms with E-state index in [2.05, 4.69) is 40.2 Å². The first-order valence-electron chi connectivity index (χ1n) is 10.1. The van der Waals surface area contributed by atoms with Crippen LogP contribution in [0.3, 0.4) is 0 Å². The Hall–Kier alpha value is -2.30. The normalized spacial score (nSPS) is 15.5. The molecule has 1 unspecified atom stereocenters. The van der Waals surface area contributed by atoms with Gasteiger partial charge in [-0.3, -0.25) is 4.90 Å². The molecule has 154 valence electrons. The molecule has 30 heavy (non-hydrogen) atoms. The second kappa shape index (κ2) is 9.67. The number of amides is 1. The van der Waals surface area contributed by atoms with Gasteiger partial charge in [0.25, 0.3) is 0 Å². The lowest BCUT2D eigenvalue weighted by Crippen LogP contribution is -2.44. The summed E-state index contributed by atoms with van der Waals surface area (Å²) in [4.78, 5) is 15.0. The first-order valence-corrected chi connectivity index (χ1v) is 11.3. The van der Waals surface area contributed by atoms with E-state index in [0.29, 0.717) is 5.02 Å². The standard InChI is InChI=1S/C25H23BrClNO2/c26-22-16-24-20(15-23(22)27)12-14-21(13-11-18-7-3-1-4-8-18)28(24)25(29)30-17-19-9-5-2-6-10-19/h1-10,15-16,21H,11-14,17H2. The highest BCUT2D eigenvalue weighted by Gasteiger charge is 2.32. The van der Waals surface area contributed by atoms with Crippen LogP contribution in [0.5, 0.6) is 0 Å². The minimum atomic E-state index is -0.313. The van der Waals surface area contributed by atoms with Crippen LogP contribution in [0.4, 0.5) is 10.5 Å². The Morgan fingerprint density at radius 1 is 1.03 bits per heavy atom. The summed E-state index contributed by atoms with van der Waals surface area (Å²) in [7, 11) is 0. The van der Waals surface area contributed by atoms with Crippen molar-refractivity contribution in [1.29, 1.82) is 0 Å². The van der Waals surface area contributed by atoms with Crippen molar-refractivity contribution in [1.82, 2.24) is 0 Å². The Labute approximate surface area is 190 Å². The van der Waals surface area contributed by atoms with E-state index in [9.17, 15) is 4.79 Å². The van der Waals surface area contributed by atoms with Gasteiger partial charge in [-0.15, -0.1) is 0 Å². The molecule has 0 saturated carbocycles. The van der Waals surface area contributed by atoms with E-state index < -0.39 is 0 Å². The number of carbonyl (C=O) groups excluding carboxylic acids is 1. The number of nitrogens with zero attached hydrogens (tertiary/aromatic N) is 1. The van der Waals surface area contributed by atoms with Crippen molar-refractivity contribution in [2.75, 3.05) is 4.90 Å². The maximum atomic E-state index is 13.2. The summed E-state index contributed by atoms with van der Waals surface area (Å²) >= 11 is 9.82. The van der Waals surface area contributed by atoms with E-state index in [1.54, 1.807) is 0 Å². The Kier molecular flexibility index (Phi) is 6.76. The van der Waals surface area contributed by atoms with Crippen LogP contribution in [-0.2, 0) is 24.2 Å². The lowest BCUT2D eigenvalue weighted by atomic mass is 9.92. The van der Waals surface area contributed by atoms with Gasteiger partial charge in [0.15, 0.2) is 0 Å². The van der Waals surface area contributed by atoms with Crippen molar-refractivity contribution in [3.63, 3.8) is 0 Å². The SMILES string of the molecule is O=C(OCc1ccccc1)N1c2cc(Br)c(Cl)cc2CCC1CCc1ccccc1. The quantitative estimate of drug-likeness (QED) is 0.383. The summed E-state index contributed by atoms with van der Waals surface area (Å²) in [5.74, 6) is 0. The third kappa shape index (κ3) is 4.88. The van der Waals surface area contributed by atoms with Crippen molar-refractivity contribution >= 4 is 39.3 Å². The first kappa shape index (κ1) is 21.0. The van der Waals surface area contributed by atoms with E-state index in [-0.39, 0.29) is 18.7 Å². The predicted molar refractivity (Wildman–Crippen MR) is 125 cm³/mol. The van der Waals surface area contributed by atoms with Crippen LogP contribution >= 0.6 is 27.5 Å². The molecule has 5 heteroatoms. The number of benzene rings is 3. The van der Waals surface area contributed by atoms with Crippen molar-refractivity contribution in [3.05, 3.63) is 99.0 Å². The Balaban J connectivity index is 1.56. The summed E-state index contributed by atoms with van der Waals surface area (Å²) in [6, 6.07) is 24.1. The highest BCUT2D eigenvalue weighted by molar-refractivity contribution is 9.10. The van der Waals surface area contributed by atoms with E-state index in [1.165, 1.54) is 5.56 Å². The van der Waals surface area contributed by atoms with Gasteiger partial charge in [0, 0.05) is 10.5 Å². The summed E-state index contributed by atoms with van der Waals surface area (Å²) in [6.07, 6.45) is 3.26. The molecule has 3 nitrogen and oxygen atoms in total. The van der Waals surface area contributed by atoms with Crippen molar-refractivity contribution < 1.29 is 9.53 Å². The van der Waals surface area contributed by atoms with Crippen LogP contribution in [0.15, 0.2) is 77.3 Å². The number of carbonyl (C=O) groups is 1. The number of fused-ring (bicyclic) bond motifs is 1. The zero-order chi connectivity index (χ0) is 20.9. The van der Waals surface area contributed by atoms with Gasteiger partial charge in [-0.05, 0) is 70.4 Å². The number of halogens is 2. The fraction of sp³-hybridized carbons (Fsp3) is 0.240. The van der Waals surface area contributed by atoms with Crippen LogP contribution in [0.1, 0.15) is 29.5 Å². The minimum absolute atomic E-state index is 0.0778. The van der Waals surface area contributed by atoms with Crippen LogP contribution in [-0.4, -0.2) is 12.1 Å². The molecule has 0 spiro atoms. The zero-order valence-corrected chi connectivity index (χ0v) is 18.9. The average molecular weight is 485 g/mol. The molecule has 3 aromatic rings. The topological polar surface area (TPSA) is 29.5 Å². The van der Waals surface area contributed by atoms with Gasteiger partial charge in [-0.2, -0.15) is 0 Å². The van der Waals surface area contributed by atoms with E-state index in [1.807, 2.05) is 53.4 Å². The van der Waals surface area contributed by atoms with Crippen LogP contribution in [0.25, 0.3) is 0 Å². The average Bonchev–Trinajstić information content (AvgIpc) is 2.78. The molecule has 1 amide bonds. The third-order valence-corrected chi connectivity index (χ3v) is 6.70. The maximum absolute atomic E-state index is 13.2. The maximum Gasteiger partial charge on any atom is 0.414 e. The fourth-order valence-electron chi connectivity index (χ4n) is 3.94. The number of anilines is 1. The number of ether oxygens (including phenoxy) is 1. The molecule has 0 bridgehead atoms. The van der Waals surface area contributed by atoms with E-state index in [0.717, 1.165) is 47.0 Å². The van der Waals surface area contributed by atoms with Crippen molar-refractivity contribution in [3.8, 4) is 0 Å². The van der Waals surface area contributed by atoms with Gasteiger partial charge < -0.3 is 4.74 Å². The minimum Gasteiger partial charge on any atom is -0.444 e. The molecular formula is C25H23BrClNO2. The molecule has 1 atom stereocenters. The first-order chi connectivity index (χ1) is 14.6. The van der Waals surface area contributed by atoms with Gasteiger partial charge in [0.05, 0.1) is 10.7 Å². The molecule has 0 N–H and O–H groups in total. The van der Waals surface area contributed by atoms with Gasteiger partial charge in [-0.1, -0.05) is 72.3 Å². The Bertz CT molecular complexity index is 1010. The van der Waals surface area contributed by atoms with Crippen molar-refractivity contribution in [2.45, 2.75) is 38.3 Å². The second-order valence-electron chi connectivity index (χ2n) is 7.52. The van der Waals surface area contributed by atoms with Crippen LogP contribution in [0, 0.1) is 0 Å². The molecule has 3 aromatic carbocycles. The lowest BCUT2D eigenvalue weighted by molar-refractivity contribution is 0.143. The van der Waals surface area contributed by atoms with Gasteiger partial charge in [0.2, 0.25) is 0 Å². The monoisotopic (exact) mass is 483 g/mol. The molecule has 0 fully saturated rings. The smallest absolute Gasteiger partial charge is 0.414 e. The van der Waals surface area contributed by atoms with Crippen LogP contribution < -0.4 is 4.90 Å². The van der Waals surface area contributed by atoms with Gasteiger partial charge in [0.1, 0.15) is 6.61 Å². The largest absolute Gasteiger partial charge is 0.444 e. The number of aryl methyl sites for hydroxylation is 2. The van der Waals surface area contributed by atoms with Crippen molar-refractivity contribution in [2.24, 2.45) is 0 Å². The third-order valence-electron chi connectivity index (χ3n) is 5.50. The lowest BCUT2D eigenvalue weighted by Gasteiger charge is -2.37. The number of hydrogen-bond acceptors (Lipinski definition) is 2. The second-order valence-corrected chi connectivity index (χ2v) is 8.78. The fourth-order valence-corrected chi connectivity index (χ4v) is 4.46. The molecule has 0 aliphatic carbocycles. The molecule has 1 aliphatic rings. The van der Waals surface area contributed by atoms with Gasteiger partial charge in [-0.25, -0.2) is 4.79 Å². The molecule has 4 rings (SSSR count).